The predicted molar refractivity (Wildman–Crippen MR) is 45.4 cm³/mol. The van der Waals surface area contributed by atoms with Crippen LogP contribution in [0.4, 0.5) is 0 Å². The topological polar surface area (TPSA) is 81.6 Å². The highest BCUT2D eigenvalue weighted by atomic mass is 16.1. The van der Waals surface area contributed by atoms with Crippen molar-refractivity contribution in [2.45, 2.75) is 19.4 Å². The van der Waals surface area contributed by atoms with Crippen molar-refractivity contribution in [2.75, 3.05) is 0 Å². The average Bonchev–Trinajstić information content (AvgIpc) is 2.55. The SMILES string of the molecule is CC(NC(=O)CC#N)c1cn[nH]c1. The van der Waals surface area contributed by atoms with E-state index in [1.54, 1.807) is 18.5 Å². The van der Waals surface area contributed by atoms with E-state index in [0.717, 1.165) is 5.56 Å². The number of nitrogens with one attached hydrogen (secondary N) is 2. The smallest absolute Gasteiger partial charge is 0.234 e. The van der Waals surface area contributed by atoms with Gasteiger partial charge in [0.15, 0.2) is 0 Å². The van der Waals surface area contributed by atoms with Gasteiger partial charge in [0, 0.05) is 11.8 Å². The molecule has 1 aromatic rings. The van der Waals surface area contributed by atoms with Gasteiger partial charge in [-0.15, -0.1) is 0 Å². The molecular formula is C8H10N4O. The van der Waals surface area contributed by atoms with Crippen LogP contribution in [0, 0.1) is 11.3 Å². The number of nitriles is 1. The lowest BCUT2D eigenvalue weighted by Crippen LogP contribution is -2.25. The lowest BCUT2D eigenvalue weighted by atomic mass is 10.2. The van der Waals surface area contributed by atoms with Crippen molar-refractivity contribution in [3.05, 3.63) is 18.0 Å². The second-order valence-electron chi connectivity index (χ2n) is 2.66. The summed E-state index contributed by atoms with van der Waals surface area (Å²) in [6.45, 7) is 1.83. The van der Waals surface area contributed by atoms with Crippen molar-refractivity contribution in [1.82, 2.24) is 15.5 Å². The first-order chi connectivity index (χ1) is 6.24. The molecule has 0 bridgehead atoms. The molecule has 1 heterocycles. The summed E-state index contributed by atoms with van der Waals surface area (Å²) < 4.78 is 0. The molecule has 0 aliphatic carbocycles. The van der Waals surface area contributed by atoms with Crippen LogP contribution in [0.25, 0.3) is 0 Å². The van der Waals surface area contributed by atoms with Crippen LogP contribution in [-0.4, -0.2) is 16.1 Å². The minimum atomic E-state index is -0.267. The fraction of sp³-hybridized carbons (Fsp3) is 0.375. The number of rotatable bonds is 3. The number of amides is 1. The zero-order chi connectivity index (χ0) is 9.68. The third kappa shape index (κ3) is 2.60. The summed E-state index contributed by atoms with van der Waals surface area (Å²) in [6.07, 6.45) is 3.23. The molecule has 5 heteroatoms. The summed E-state index contributed by atoms with van der Waals surface area (Å²) in [6, 6.07) is 1.67. The molecule has 0 aromatic carbocycles. The minimum absolute atomic E-state index is 0.109. The average molecular weight is 178 g/mol. The van der Waals surface area contributed by atoms with Crippen LogP contribution in [0.5, 0.6) is 0 Å². The quantitative estimate of drug-likeness (QED) is 0.707. The zero-order valence-electron chi connectivity index (χ0n) is 7.24. The minimum Gasteiger partial charge on any atom is -0.349 e. The molecule has 0 spiro atoms. The van der Waals surface area contributed by atoms with Gasteiger partial charge >= 0.3 is 0 Å². The molecular weight excluding hydrogens is 168 g/mol. The van der Waals surface area contributed by atoms with Crippen molar-refractivity contribution in [3.63, 3.8) is 0 Å². The largest absolute Gasteiger partial charge is 0.349 e. The second-order valence-corrected chi connectivity index (χ2v) is 2.66. The molecule has 0 saturated carbocycles. The van der Waals surface area contributed by atoms with Crippen molar-refractivity contribution < 1.29 is 4.79 Å². The molecule has 1 amide bonds. The molecule has 1 atom stereocenters. The second kappa shape index (κ2) is 4.26. The highest BCUT2D eigenvalue weighted by Gasteiger charge is 2.09. The molecule has 5 nitrogen and oxygen atoms in total. The molecule has 1 unspecified atom stereocenters. The predicted octanol–water partition coefficient (Wildman–Crippen LogP) is 0.501. The maximum Gasteiger partial charge on any atom is 0.234 e. The fourth-order valence-electron chi connectivity index (χ4n) is 0.945. The van der Waals surface area contributed by atoms with Crippen LogP contribution < -0.4 is 5.32 Å². The van der Waals surface area contributed by atoms with Gasteiger partial charge in [-0.3, -0.25) is 9.89 Å². The van der Waals surface area contributed by atoms with E-state index < -0.39 is 0 Å². The van der Waals surface area contributed by atoms with Crippen LogP contribution >= 0.6 is 0 Å². The highest BCUT2D eigenvalue weighted by Crippen LogP contribution is 2.08. The van der Waals surface area contributed by atoms with Gasteiger partial charge in [-0.05, 0) is 6.92 Å². The maximum absolute atomic E-state index is 11.0. The van der Waals surface area contributed by atoms with Crippen LogP contribution in [0.1, 0.15) is 24.9 Å². The molecule has 68 valence electrons. The van der Waals surface area contributed by atoms with Crippen LogP contribution in [0.2, 0.25) is 0 Å². The van der Waals surface area contributed by atoms with E-state index in [-0.39, 0.29) is 18.4 Å². The Hall–Kier alpha value is -1.83. The molecule has 0 aliphatic heterocycles. The maximum atomic E-state index is 11.0. The van der Waals surface area contributed by atoms with Crippen LogP contribution in [0.15, 0.2) is 12.4 Å². The van der Waals surface area contributed by atoms with Gasteiger partial charge in [0.1, 0.15) is 6.42 Å². The summed E-state index contributed by atoms with van der Waals surface area (Å²) >= 11 is 0. The number of carbonyl (C=O) groups is 1. The summed E-state index contributed by atoms with van der Waals surface area (Å²) in [5, 5.41) is 17.3. The normalized spacial score (nSPS) is 11.7. The lowest BCUT2D eigenvalue weighted by molar-refractivity contribution is -0.120. The summed E-state index contributed by atoms with van der Waals surface area (Å²) in [5.41, 5.74) is 0.895. The van der Waals surface area contributed by atoms with E-state index in [1.807, 2.05) is 6.92 Å². The monoisotopic (exact) mass is 178 g/mol. The van der Waals surface area contributed by atoms with Gasteiger partial charge in [-0.1, -0.05) is 0 Å². The van der Waals surface area contributed by atoms with Crippen LogP contribution in [-0.2, 0) is 4.79 Å². The number of aromatic nitrogens is 2. The molecule has 13 heavy (non-hydrogen) atoms. The standard InChI is InChI=1S/C8H10N4O/c1-6(7-4-10-11-5-7)12-8(13)2-3-9/h4-6H,2H2,1H3,(H,10,11)(H,12,13). The van der Waals surface area contributed by atoms with Gasteiger partial charge in [0.25, 0.3) is 0 Å². The van der Waals surface area contributed by atoms with Crippen molar-refractivity contribution in [2.24, 2.45) is 0 Å². The number of hydrogen-bond acceptors (Lipinski definition) is 3. The first-order valence-electron chi connectivity index (χ1n) is 3.89. The lowest BCUT2D eigenvalue weighted by Gasteiger charge is -2.09. The summed E-state index contributed by atoms with van der Waals surface area (Å²) in [5.74, 6) is -0.267. The van der Waals surface area contributed by atoms with Crippen molar-refractivity contribution in [3.8, 4) is 6.07 Å². The van der Waals surface area contributed by atoms with E-state index in [0.29, 0.717) is 0 Å². The Kier molecular flexibility index (Phi) is 3.03. The third-order valence-electron chi connectivity index (χ3n) is 1.64. The van der Waals surface area contributed by atoms with Gasteiger partial charge in [-0.2, -0.15) is 10.4 Å². The first kappa shape index (κ1) is 9.26. The van der Waals surface area contributed by atoms with E-state index in [1.165, 1.54) is 0 Å². The van der Waals surface area contributed by atoms with E-state index in [9.17, 15) is 4.79 Å². The molecule has 1 aromatic heterocycles. The van der Waals surface area contributed by atoms with E-state index >= 15 is 0 Å². The fourth-order valence-corrected chi connectivity index (χ4v) is 0.945. The van der Waals surface area contributed by atoms with Gasteiger partial charge in [0.05, 0.1) is 18.3 Å². The Labute approximate surface area is 75.8 Å². The van der Waals surface area contributed by atoms with Gasteiger partial charge < -0.3 is 5.32 Å². The number of nitrogens with zero attached hydrogens (tertiary/aromatic N) is 2. The Morgan fingerprint density at radius 3 is 3.23 bits per heavy atom. The Balaban J connectivity index is 2.47. The molecule has 0 aliphatic rings. The van der Waals surface area contributed by atoms with E-state index in [4.69, 9.17) is 5.26 Å². The molecule has 0 fully saturated rings. The number of H-pyrrole nitrogens is 1. The summed E-state index contributed by atoms with van der Waals surface area (Å²) in [4.78, 5) is 11.0. The molecule has 1 rings (SSSR count). The molecule has 0 saturated heterocycles. The highest BCUT2D eigenvalue weighted by molar-refractivity contribution is 5.78. The number of hydrogen-bond donors (Lipinski definition) is 2. The third-order valence-corrected chi connectivity index (χ3v) is 1.64. The zero-order valence-corrected chi connectivity index (χ0v) is 7.24. The summed E-state index contributed by atoms with van der Waals surface area (Å²) in [7, 11) is 0. The van der Waals surface area contributed by atoms with Crippen molar-refractivity contribution in [1.29, 1.82) is 5.26 Å². The molecule has 2 N–H and O–H groups in total. The number of carbonyl (C=O) groups excluding carboxylic acids is 1. The molecule has 0 radical (unpaired) electrons. The Morgan fingerprint density at radius 1 is 1.92 bits per heavy atom. The van der Waals surface area contributed by atoms with Gasteiger partial charge in [-0.25, -0.2) is 0 Å². The van der Waals surface area contributed by atoms with Gasteiger partial charge in [0.2, 0.25) is 5.91 Å². The Morgan fingerprint density at radius 2 is 2.69 bits per heavy atom. The van der Waals surface area contributed by atoms with Crippen LogP contribution in [0.3, 0.4) is 0 Å². The number of aromatic amines is 1. The first-order valence-corrected chi connectivity index (χ1v) is 3.89. The van der Waals surface area contributed by atoms with Crippen molar-refractivity contribution >= 4 is 5.91 Å². The van der Waals surface area contributed by atoms with E-state index in [2.05, 4.69) is 15.5 Å². The Bertz CT molecular complexity index is 311.